The van der Waals surface area contributed by atoms with Gasteiger partial charge in [-0.1, -0.05) is 13.0 Å². The molecule has 0 bridgehead atoms. The maximum absolute atomic E-state index is 12.1. The van der Waals surface area contributed by atoms with Gasteiger partial charge in [-0.3, -0.25) is 4.79 Å². The average molecular weight is 285 g/mol. The zero-order valence-electron chi connectivity index (χ0n) is 11.4. The Hall–Kier alpha value is -1.40. The Kier molecular flexibility index (Phi) is 5.50. The molecule has 6 heteroatoms. The molecule has 1 rings (SSSR count). The molecule has 1 aromatic carbocycles. The minimum atomic E-state index is -3.61. The van der Waals surface area contributed by atoms with Crippen LogP contribution >= 0.6 is 0 Å². The first kappa shape index (κ1) is 15.7. The lowest BCUT2D eigenvalue weighted by Crippen LogP contribution is -2.25. The Bertz CT molecular complexity index is 552. The quantitative estimate of drug-likeness (QED) is 0.824. The van der Waals surface area contributed by atoms with Crippen molar-refractivity contribution in [2.24, 2.45) is 0 Å². The molecule has 0 amide bonds. The monoisotopic (exact) mass is 285 g/mol. The van der Waals surface area contributed by atoms with E-state index in [-0.39, 0.29) is 22.8 Å². The van der Waals surface area contributed by atoms with E-state index in [1.165, 1.54) is 20.1 Å². The number of carbonyl (C=O) groups excluding carboxylic acids is 1. The Labute approximate surface area is 114 Å². The summed E-state index contributed by atoms with van der Waals surface area (Å²) in [7, 11) is -2.19. The first-order valence-electron chi connectivity index (χ1n) is 6.06. The summed E-state index contributed by atoms with van der Waals surface area (Å²) in [5.74, 6) is 0.255. The predicted octanol–water partition coefficient (Wildman–Crippen LogP) is 1.52. The lowest BCUT2D eigenvalue weighted by molar-refractivity contribution is -0.116. The second-order valence-corrected chi connectivity index (χ2v) is 6.00. The van der Waals surface area contributed by atoms with Gasteiger partial charge in [0.1, 0.15) is 16.4 Å². The van der Waals surface area contributed by atoms with Gasteiger partial charge >= 0.3 is 0 Å². The van der Waals surface area contributed by atoms with Gasteiger partial charge in [0.25, 0.3) is 0 Å². The molecule has 0 aliphatic carbocycles. The molecule has 0 aliphatic rings. The van der Waals surface area contributed by atoms with Crippen LogP contribution < -0.4 is 9.46 Å². The van der Waals surface area contributed by atoms with Gasteiger partial charge in [0.2, 0.25) is 10.0 Å². The fourth-order valence-corrected chi connectivity index (χ4v) is 2.99. The van der Waals surface area contributed by atoms with Crippen molar-refractivity contribution in [3.63, 3.8) is 0 Å². The molecule has 5 nitrogen and oxygen atoms in total. The fourth-order valence-electron chi connectivity index (χ4n) is 1.64. The normalized spacial score (nSPS) is 11.3. The number of ketones is 1. The van der Waals surface area contributed by atoms with E-state index in [1.54, 1.807) is 12.1 Å². The lowest BCUT2D eigenvalue weighted by Gasteiger charge is -2.11. The Morgan fingerprint density at radius 2 is 2.05 bits per heavy atom. The molecule has 0 atom stereocenters. The molecule has 0 unspecified atom stereocenters. The highest BCUT2D eigenvalue weighted by Gasteiger charge is 2.19. The van der Waals surface area contributed by atoms with Crippen molar-refractivity contribution in [2.75, 3.05) is 13.7 Å². The van der Waals surface area contributed by atoms with Crippen LogP contribution in [0.15, 0.2) is 23.1 Å². The molecule has 1 aromatic rings. The zero-order valence-corrected chi connectivity index (χ0v) is 12.2. The van der Waals surface area contributed by atoms with Gasteiger partial charge in [0.15, 0.2) is 0 Å². The lowest BCUT2D eigenvalue weighted by atomic mass is 10.1. The Morgan fingerprint density at radius 3 is 2.58 bits per heavy atom. The van der Waals surface area contributed by atoms with Gasteiger partial charge in [-0.05, 0) is 31.0 Å². The minimum absolute atomic E-state index is 0.0185. The summed E-state index contributed by atoms with van der Waals surface area (Å²) in [4.78, 5) is 11.2. The summed E-state index contributed by atoms with van der Waals surface area (Å²) in [6.07, 6.45) is 0.912. The largest absolute Gasteiger partial charge is 0.495 e. The van der Waals surface area contributed by atoms with E-state index < -0.39 is 10.0 Å². The van der Waals surface area contributed by atoms with E-state index >= 15 is 0 Å². The molecule has 1 N–H and O–H groups in total. The van der Waals surface area contributed by atoms with Crippen LogP contribution in [0, 0.1) is 0 Å². The highest BCUT2D eigenvalue weighted by Crippen LogP contribution is 2.25. The molecule has 19 heavy (non-hydrogen) atoms. The molecule has 106 valence electrons. The number of rotatable bonds is 7. The standard InChI is InChI=1S/C13H19NO4S/c1-4-7-14-19(16,17)13-9-11(8-10(2)15)5-6-12(13)18-3/h5-6,9,14H,4,7-8H2,1-3H3. The molecule has 0 aliphatic heterocycles. The van der Waals surface area contributed by atoms with Gasteiger partial charge in [-0.15, -0.1) is 0 Å². The van der Waals surface area contributed by atoms with Crippen molar-refractivity contribution in [3.8, 4) is 5.75 Å². The topological polar surface area (TPSA) is 72.5 Å². The number of hydrogen-bond acceptors (Lipinski definition) is 4. The summed E-state index contributed by atoms with van der Waals surface area (Å²) >= 11 is 0. The van der Waals surface area contributed by atoms with Crippen molar-refractivity contribution < 1.29 is 17.9 Å². The highest BCUT2D eigenvalue weighted by molar-refractivity contribution is 7.89. The highest BCUT2D eigenvalue weighted by atomic mass is 32.2. The van der Waals surface area contributed by atoms with Crippen molar-refractivity contribution in [3.05, 3.63) is 23.8 Å². The molecule has 0 heterocycles. The van der Waals surface area contributed by atoms with Crippen LogP contribution in [0.4, 0.5) is 0 Å². The first-order valence-corrected chi connectivity index (χ1v) is 7.55. The first-order chi connectivity index (χ1) is 8.90. The van der Waals surface area contributed by atoms with E-state index in [9.17, 15) is 13.2 Å². The molecular weight excluding hydrogens is 266 g/mol. The fraction of sp³-hybridized carbons (Fsp3) is 0.462. The number of hydrogen-bond donors (Lipinski definition) is 1. The molecule has 0 saturated carbocycles. The van der Waals surface area contributed by atoms with E-state index in [0.717, 1.165) is 0 Å². The summed E-state index contributed by atoms with van der Waals surface area (Å²) in [6.45, 7) is 3.71. The Balaban J connectivity index is 3.18. The smallest absolute Gasteiger partial charge is 0.244 e. The van der Waals surface area contributed by atoms with Gasteiger partial charge in [-0.2, -0.15) is 0 Å². The molecular formula is C13H19NO4S. The van der Waals surface area contributed by atoms with Crippen molar-refractivity contribution in [1.29, 1.82) is 0 Å². The third kappa shape index (κ3) is 4.33. The van der Waals surface area contributed by atoms with Gasteiger partial charge < -0.3 is 4.74 Å². The summed E-state index contributed by atoms with van der Waals surface area (Å²) in [5, 5.41) is 0. The maximum atomic E-state index is 12.1. The van der Waals surface area contributed by atoms with Crippen LogP contribution in [0.3, 0.4) is 0 Å². The Morgan fingerprint density at radius 1 is 1.37 bits per heavy atom. The third-order valence-electron chi connectivity index (χ3n) is 2.51. The number of methoxy groups -OCH3 is 1. The second kappa shape index (κ2) is 6.68. The number of carbonyl (C=O) groups is 1. The molecule has 0 saturated heterocycles. The summed E-state index contributed by atoms with van der Waals surface area (Å²) < 4.78 is 31.8. The summed E-state index contributed by atoms with van der Waals surface area (Å²) in [6, 6.07) is 4.75. The average Bonchev–Trinajstić information content (AvgIpc) is 2.35. The summed E-state index contributed by atoms with van der Waals surface area (Å²) in [5.41, 5.74) is 0.658. The SMILES string of the molecule is CCCNS(=O)(=O)c1cc(CC(C)=O)ccc1OC. The molecule has 0 radical (unpaired) electrons. The number of nitrogens with one attached hydrogen (secondary N) is 1. The van der Waals surface area contributed by atoms with Crippen LogP contribution in [0.25, 0.3) is 0 Å². The number of ether oxygens (including phenoxy) is 1. The number of sulfonamides is 1. The number of Topliss-reactive ketones (excluding diaryl/α,β-unsaturated/α-hetero) is 1. The molecule has 0 aromatic heterocycles. The van der Waals surface area contributed by atoms with Crippen molar-refractivity contribution >= 4 is 15.8 Å². The second-order valence-electron chi connectivity index (χ2n) is 4.26. The maximum Gasteiger partial charge on any atom is 0.244 e. The van der Waals surface area contributed by atoms with Crippen LogP contribution in [-0.2, 0) is 21.2 Å². The van der Waals surface area contributed by atoms with E-state index in [1.807, 2.05) is 6.92 Å². The number of benzene rings is 1. The van der Waals surface area contributed by atoms with Gasteiger partial charge in [-0.25, -0.2) is 13.1 Å². The van der Waals surface area contributed by atoms with Crippen LogP contribution in [-0.4, -0.2) is 27.9 Å². The van der Waals surface area contributed by atoms with Crippen LogP contribution in [0.5, 0.6) is 5.75 Å². The van der Waals surface area contributed by atoms with E-state index in [4.69, 9.17) is 4.74 Å². The van der Waals surface area contributed by atoms with Crippen molar-refractivity contribution in [1.82, 2.24) is 4.72 Å². The minimum Gasteiger partial charge on any atom is -0.495 e. The van der Waals surface area contributed by atoms with Crippen LogP contribution in [0.2, 0.25) is 0 Å². The van der Waals surface area contributed by atoms with E-state index in [0.29, 0.717) is 18.5 Å². The molecule has 0 fully saturated rings. The van der Waals surface area contributed by atoms with Gasteiger partial charge in [0, 0.05) is 13.0 Å². The van der Waals surface area contributed by atoms with Crippen LogP contribution in [0.1, 0.15) is 25.8 Å². The van der Waals surface area contributed by atoms with E-state index in [2.05, 4.69) is 4.72 Å². The predicted molar refractivity (Wildman–Crippen MR) is 72.9 cm³/mol. The zero-order chi connectivity index (χ0) is 14.5. The van der Waals surface area contributed by atoms with Crippen molar-refractivity contribution in [2.45, 2.75) is 31.6 Å². The van der Waals surface area contributed by atoms with Gasteiger partial charge in [0.05, 0.1) is 7.11 Å². The third-order valence-corrected chi connectivity index (χ3v) is 3.99. The molecule has 0 spiro atoms.